The van der Waals surface area contributed by atoms with Crippen LogP contribution in [0.3, 0.4) is 0 Å². The fraction of sp³-hybridized carbons (Fsp3) is 0.684. The van der Waals surface area contributed by atoms with Gasteiger partial charge in [-0.05, 0) is 92.0 Å². The zero-order chi connectivity index (χ0) is 54.4. The highest BCUT2D eigenvalue weighted by Gasteiger charge is 2.59. The highest BCUT2D eigenvalue weighted by molar-refractivity contribution is 8.00. The van der Waals surface area contributed by atoms with Crippen LogP contribution in [-0.2, 0) is 51.1 Å². The topological polar surface area (TPSA) is 220 Å². The molecular weight excluding hydrogens is 1000 g/mol. The van der Waals surface area contributed by atoms with E-state index in [1.807, 2.05) is 44.2 Å². The Bertz CT molecular complexity index is 2410. The summed E-state index contributed by atoms with van der Waals surface area (Å²) in [5.41, 5.74) is 1.19. The fourth-order valence-corrected chi connectivity index (χ4v) is 15.7. The van der Waals surface area contributed by atoms with E-state index in [2.05, 4.69) is 63.9 Å². The molecule has 0 spiro atoms. The lowest BCUT2D eigenvalue weighted by Crippen LogP contribution is -2.64. The first kappa shape index (κ1) is 57.9. The molecule has 6 aliphatic rings. The molecule has 2 aromatic carbocycles. The average molecular weight is 1090 g/mol. The molecule has 0 aromatic heterocycles. The number of amides is 6. The van der Waals surface area contributed by atoms with Crippen LogP contribution >= 0.6 is 23.5 Å². The second-order valence-corrected chi connectivity index (χ2v) is 25.8. The van der Waals surface area contributed by atoms with E-state index >= 15 is 0 Å². The van der Waals surface area contributed by atoms with Crippen molar-refractivity contribution in [2.24, 2.45) is 10.8 Å². The molecule has 4 heterocycles. The van der Waals surface area contributed by atoms with Gasteiger partial charge < -0.3 is 56.3 Å². The highest BCUT2D eigenvalue weighted by Crippen LogP contribution is 2.49. The van der Waals surface area contributed by atoms with E-state index in [-0.39, 0.29) is 65.6 Å². The van der Waals surface area contributed by atoms with Crippen molar-refractivity contribution in [2.45, 2.75) is 189 Å². The summed E-state index contributed by atoms with van der Waals surface area (Å²) in [5.74, 6) is -0.883. The highest BCUT2D eigenvalue weighted by atomic mass is 32.2. The summed E-state index contributed by atoms with van der Waals surface area (Å²) in [6.45, 7) is 11.0. The van der Waals surface area contributed by atoms with E-state index in [0.29, 0.717) is 56.8 Å². The molecule has 0 saturated carbocycles. The molecule has 0 unspecified atom stereocenters. The van der Waals surface area contributed by atoms with Crippen LogP contribution in [0.2, 0.25) is 0 Å². The summed E-state index contributed by atoms with van der Waals surface area (Å²) in [4.78, 5) is 86.1. The van der Waals surface area contributed by atoms with Crippen molar-refractivity contribution < 1.29 is 43.3 Å². The van der Waals surface area contributed by atoms with Crippen LogP contribution < -0.4 is 31.9 Å². The molecule has 4 saturated heterocycles. The number of carbonyl (C=O) groups is 6. The number of likely N-dealkylation sites (N-methyl/N-ethyl adjacent to an activating group) is 2. The Kier molecular flexibility index (Phi) is 19.3. The minimum Gasteiger partial charge on any atom is -0.375 e. The average Bonchev–Trinajstić information content (AvgIpc) is 4.06. The van der Waals surface area contributed by atoms with Crippen molar-refractivity contribution in [3.05, 3.63) is 70.8 Å². The summed E-state index contributed by atoms with van der Waals surface area (Å²) < 4.78 is 13.1. The van der Waals surface area contributed by atoms with Gasteiger partial charge in [0.2, 0.25) is 35.3 Å². The Labute approximate surface area is 458 Å². The van der Waals surface area contributed by atoms with Crippen molar-refractivity contribution >= 4 is 59.0 Å². The lowest BCUT2D eigenvalue weighted by molar-refractivity contribution is -0.163. The Hall–Kier alpha value is -4.24. The normalized spacial score (nSPS) is 29.6. The molecule has 418 valence electrons. The summed E-state index contributed by atoms with van der Waals surface area (Å²) in [6, 6.07) is 12.9. The number of aliphatic hydroxyl groups is 1. The number of unbranched alkanes of at least 4 members (excludes halogenated alkanes) is 7. The minimum atomic E-state index is -2.11. The number of nitrogens with one attached hydrogen (secondary N) is 6. The maximum absolute atomic E-state index is 14.5. The third kappa shape index (κ3) is 12.9. The van der Waals surface area contributed by atoms with Crippen molar-refractivity contribution in [3.63, 3.8) is 0 Å². The van der Waals surface area contributed by atoms with E-state index in [9.17, 15) is 33.9 Å². The quantitative estimate of drug-likeness (QED) is 0.0577. The summed E-state index contributed by atoms with van der Waals surface area (Å²) in [6.07, 6.45) is 11.1. The van der Waals surface area contributed by atoms with Crippen molar-refractivity contribution in [1.29, 1.82) is 0 Å². The van der Waals surface area contributed by atoms with Crippen LogP contribution in [0.5, 0.6) is 0 Å². The number of ether oxygens (including phenoxy) is 2. The molecule has 76 heavy (non-hydrogen) atoms. The van der Waals surface area contributed by atoms with E-state index in [1.165, 1.54) is 16.7 Å². The molecule has 6 amide bonds. The van der Waals surface area contributed by atoms with Gasteiger partial charge in [-0.2, -0.15) is 0 Å². The lowest BCUT2D eigenvalue weighted by Gasteiger charge is -2.37. The Morgan fingerprint density at radius 2 is 1.18 bits per heavy atom. The predicted octanol–water partition coefficient (Wildman–Crippen LogP) is 5.00. The van der Waals surface area contributed by atoms with Gasteiger partial charge in [-0.25, -0.2) is 0 Å². The molecule has 2 aliphatic carbocycles. The second-order valence-electron chi connectivity index (χ2n) is 23.3. The van der Waals surface area contributed by atoms with Gasteiger partial charge in [0.25, 0.3) is 5.91 Å². The van der Waals surface area contributed by atoms with Gasteiger partial charge in [0.1, 0.15) is 18.1 Å². The van der Waals surface area contributed by atoms with Gasteiger partial charge in [0.05, 0.1) is 47.6 Å². The van der Waals surface area contributed by atoms with Crippen molar-refractivity contribution in [2.75, 3.05) is 45.4 Å². The molecule has 4 fully saturated rings. The van der Waals surface area contributed by atoms with E-state index < -0.39 is 58.6 Å². The molecule has 4 aliphatic heterocycles. The first-order valence-electron chi connectivity index (χ1n) is 27.9. The van der Waals surface area contributed by atoms with Gasteiger partial charge >= 0.3 is 0 Å². The molecule has 7 N–H and O–H groups in total. The van der Waals surface area contributed by atoms with Gasteiger partial charge in [-0.3, -0.25) is 28.8 Å². The first-order valence-corrected chi connectivity index (χ1v) is 30.0. The summed E-state index contributed by atoms with van der Waals surface area (Å²) in [5, 5.41) is 29.0. The standard InChI is InChI=1S/C57H84N8O9S2/c1-35(59-7)50(67)60-40-24-28-75-44-32-55(2,3)48(64(44)53(40)70)51(68)61-46-38-22-16-14-20-36(38)30-41(46)73-26-18-12-10-8-9-11-13-19-27-74-42-31-37-21-15-17-23-39(37)47(42)62-52(69)49-56(4,5)33-45-65(49)54(71)57(72,25-29-76-45)63-43(66)34-58-6/h14-17,20-23,35,40-42,44-49,58-59,72H,8-13,18-19,24-34H2,1-7H3,(H,60,67)(H,61,68)(H,62,69)(H,63,66)/t35-,40-,41+,42+,44-,45-,46-,47-,48+,49+,57+/m0/s1. The predicted molar refractivity (Wildman–Crippen MR) is 296 cm³/mol. The molecule has 2 aromatic rings. The molecule has 19 heteroatoms. The number of hydrogen-bond acceptors (Lipinski definition) is 13. The number of benzene rings is 2. The molecular formula is C57H84N8O9S2. The first-order chi connectivity index (χ1) is 36.4. The fourth-order valence-electron chi connectivity index (χ4n) is 12.5. The molecule has 8 rings (SSSR count). The third-order valence-corrected chi connectivity index (χ3v) is 19.1. The Balaban J connectivity index is 0.766. The van der Waals surface area contributed by atoms with E-state index in [1.54, 1.807) is 37.7 Å². The van der Waals surface area contributed by atoms with Gasteiger partial charge in [-0.15, -0.1) is 23.5 Å². The number of thioether (sulfide) groups is 2. The van der Waals surface area contributed by atoms with Crippen LogP contribution in [0.4, 0.5) is 0 Å². The van der Waals surface area contributed by atoms with Gasteiger partial charge in [0, 0.05) is 38.2 Å². The van der Waals surface area contributed by atoms with Crippen LogP contribution in [0.25, 0.3) is 0 Å². The summed E-state index contributed by atoms with van der Waals surface area (Å²) >= 11 is 3.22. The van der Waals surface area contributed by atoms with Gasteiger partial charge in [-0.1, -0.05) is 115 Å². The minimum absolute atomic E-state index is 0.0489. The number of rotatable bonds is 23. The maximum Gasteiger partial charge on any atom is 0.277 e. The van der Waals surface area contributed by atoms with Crippen molar-refractivity contribution in [1.82, 2.24) is 41.7 Å². The lowest BCUT2D eigenvalue weighted by atomic mass is 9.83. The smallest absolute Gasteiger partial charge is 0.277 e. The van der Waals surface area contributed by atoms with Crippen molar-refractivity contribution in [3.8, 4) is 0 Å². The number of nitrogens with zero attached hydrogens (tertiary/aromatic N) is 2. The van der Waals surface area contributed by atoms with Gasteiger partial charge in [0.15, 0.2) is 0 Å². The number of hydrogen-bond donors (Lipinski definition) is 7. The summed E-state index contributed by atoms with van der Waals surface area (Å²) in [7, 11) is 3.33. The molecule has 17 nitrogen and oxygen atoms in total. The third-order valence-electron chi connectivity index (χ3n) is 16.7. The molecule has 11 atom stereocenters. The van der Waals surface area contributed by atoms with Crippen LogP contribution in [0, 0.1) is 10.8 Å². The van der Waals surface area contributed by atoms with Crippen LogP contribution in [-0.4, -0.2) is 149 Å². The second kappa shape index (κ2) is 25.3. The Morgan fingerprint density at radius 1 is 0.697 bits per heavy atom. The van der Waals surface area contributed by atoms with Crippen LogP contribution in [0.1, 0.15) is 146 Å². The number of carbonyl (C=O) groups excluding carboxylic acids is 6. The van der Waals surface area contributed by atoms with Crippen LogP contribution in [0.15, 0.2) is 48.5 Å². The van der Waals surface area contributed by atoms with E-state index in [0.717, 1.165) is 73.6 Å². The van der Waals surface area contributed by atoms with E-state index in [4.69, 9.17) is 9.47 Å². The molecule has 0 radical (unpaired) electrons. The SMILES string of the molecule is CNCC(=O)N[C@@]1(O)CCS[C@H]2CC(C)(C)[C@@H](C(=O)N[C@H]3c4ccccc4C[C@H]3OCCCCCCCCCCO[C@@H]3Cc4ccccc4[C@@H]3NC(=O)[C@H]3N4C(=O)[C@@H](NC(=O)[C@H](C)NC)CCS[C@H]4CC3(C)C)N2C1=O. The monoisotopic (exact) mass is 1090 g/mol. The Morgan fingerprint density at radius 3 is 1.71 bits per heavy atom. The number of fused-ring (bicyclic) bond motifs is 4. The maximum atomic E-state index is 14.5. The largest absolute Gasteiger partial charge is 0.375 e. The zero-order valence-electron chi connectivity index (χ0n) is 45.8. The zero-order valence-corrected chi connectivity index (χ0v) is 47.4. The molecule has 0 bridgehead atoms.